The maximum Gasteiger partial charge on any atom is 0.306 e. The molecule has 5 heteroatoms. The highest BCUT2D eigenvalue weighted by Gasteiger charge is 2.11. The topological polar surface area (TPSA) is 43.4 Å². The number of halogens is 2. The predicted molar refractivity (Wildman–Crippen MR) is 68.9 cm³/mol. The van der Waals surface area contributed by atoms with Crippen LogP contribution in [0.25, 0.3) is 0 Å². The first-order valence-electron chi connectivity index (χ1n) is 5.68. The van der Waals surface area contributed by atoms with E-state index >= 15 is 0 Å². The molecule has 0 radical (unpaired) electrons. The van der Waals surface area contributed by atoms with Crippen LogP contribution in [0.5, 0.6) is 0 Å². The summed E-state index contributed by atoms with van der Waals surface area (Å²) in [6, 6.07) is 4.15. The van der Waals surface area contributed by atoms with E-state index in [-0.39, 0.29) is 24.2 Å². The summed E-state index contributed by atoms with van der Waals surface area (Å²) in [6.07, 6.45) is 0.803. The molecule has 1 aromatic rings. The fourth-order valence-corrected chi connectivity index (χ4v) is 1.56. The number of hydrogen-bond acceptors (Lipinski definition) is 3. The third-order valence-electron chi connectivity index (χ3n) is 2.26. The van der Waals surface area contributed by atoms with Crippen LogP contribution in [-0.2, 0) is 9.53 Å². The van der Waals surface area contributed by atoms with Gasteiger partial charge in [0.1, 0.15) is 5.82 Å². The van der Waals surface area contributed by atoms with Gasteiger partial charge in [0.2, 0.25) is 0 Å². The molecule has 0 spiro atoms. The summed E-state index contributed by atoms with van der Waals surface area (Å²) in [5.74, 6) is -1.16. The Morgan fingerprint density at radius 1 is 1.33 bits per heavy atom. The fourth-order valence-electron chi connectivity index (χ4n) is 1.32. The number of ketones is 1. The van der Waals surface area contributed by atoms with Gasteiger partial charge in [-0.1, -0.05) is 13.0 Å². The van der Waals surface area contributed by atoms with Gasteiger partial charge in [-0.3, -0.25) is 9.59 Å². The second kappa shape index (κ2) is 7.26. The summed E-state index contributed by atoms with van der Waals surface area (Å²) in [5.41, 5.74) is 0.263. The molecule has 0 amide bonds. The van der Waals surface area contributed by atoms with Gasteiger partial charge in [-0.15, -0.1) is 0 Å². The van der Waals surface area contributed by atoms with Crippen molar-refractivity contribution in [2.75, 3.05) is 6.61 Å². The molecule has 0 aliphatic rings. The van der Waals surface area contributed by atoms with Gasteiger partial charge in [-0.05, 0) is 34.5 Å². The lowest BCUT2D eigenvalue weighted by Crippen LogP contribution is -2.09. The van der Waals surface area contributed by atoms with E-state index in [2.05, 4.69) is 15.9 Å². The second-order valence-electron chi connectivity index (χ2n) is 3.77. The third kappa shape index (κ3) is 4.56. The highest BCUT2D eigenvalue weighted by atomic mass is 79.9. The van der Waals surface area contributed by atoms with E-state index in [1.54, 1.807) is 0 Å². The molecule has 0 aliphatic carbocycles. The molecule has 0 unspecified atom stereocenters. The van der Waals surface area contributed by atoms with E-state index in [4.69, 9.17) is 4.74 Å². The normalized spacial score (nSPS) is 10.2. The van der Waals surface area contributed by atoms with Crippen LogP contribution in [0.2, 0.25) is 0 Å². The number of hydrogen-bond donors (Lipinski definition) is 0. The molecule has 0 atom stereocenters. The summed E-state index contributed by atoms with van der Waals surface area (Å²) >= 11 is 3.01. The van der Waals surface area contributed by atoms with Crippen molar-refractivity contribution in [1.29, 1.82) is 0 Å². The van der Waals surface area contributed by atoms with E-state index in [9.17, 15) is 14.0 Å². The number of benzene rings is 1. The Labute approximate surface area is 113 Å². The minimum atomic E-state index is -0.491. The van der Waals surface area contributed by atoms with Gasteiger partial charge in [0.05, 0.1) is 17.5 Å². The number of ether oxygens (including phenoxy) is 1. The molecular weight excluding hydrogens is 303 g/mol. The molecule has 1 aromatic carbocycles. The van der Waals surface area contributed by atoms with Crippen LogP contribution in [0.1, 0.15) is 36.5 Å². The van der Waals surface area contributed by atoms with E-state index < -0.39 is 11.8 Å². The summed E-state index contributed by atoms with van der Waals surface area (Å²) in [7, 11) is 0. The van der Waals surface area contributed by atoms with E-state index in [1.807, 2.05) is 6.92 Å². The lowest BCUT2D eigenvalue weighted by molar-refractivity contribution is -0.143. The van der Waals surface area contributed by atoms with Crippen molar-refractivity contribution in [3.63, 3.8) is 0 Å². The van der Waals surface area contributed by atoms with Crippen molar-refractivity contribution >= 4 is 27.7 Å². The Morgan fingerprint density at radius 2 is 2.06 bits per heavy atom. The van der Waals surface area contributed by atoms with Crippen LogP contribution in [-0.4, -0.2) is 18.4 Å². The lowest BCUT2D eigenvalue weighted by atomic mass is 10.1. The van der Waals surface area contributed by atoms with Gasteiger partial charge < -0.3 is 4.74 Å². The molecule has 0 saturated carbocycles. The molecule has 18 heavy (non-hydrogen) atoms. The van der Waals surface area contributed by atoms with Crippen molar-refractivity contribution < 1.29 is 18.7 Å². The number of carbonyl (C=O) groups is 2. The molecule has 98 valence electrons. The van der Waals surface area contributed by atoms with Gasteiger partial charge in [0.25, 0.3) is 0 Å². The largest absolute Gasteiger partial charge is 0.466 e. The highest BCUT2D eigenvalue weighted by Crippen LogP contribution is 2.17. The standard InChI is InChI=1S/C13H14BrFO3/c1-2-7-18-13(17)6-5-12(16)9-3-4-10(14)11(15)8-9/h3-4,8H,2,5-7H2,1H3. The molecule has 0 aliphatic heterocycles. The minimum absolute atomic E-state index is 0.0243. The number of Topliss-reactive ketones (excluding diaryl/α,β-unsaturated/α-hetero) is 1. The minimum Gasteiger partial charge on any atom is -0.466 e. The van der Waals surface area contributed by atoms with Crippen molar-refractivity contribution in [3.05, 3.63) is 34.1 Å². The van der Waals surface area contributed by atoms with Gasteiger partial charge >= 0.3 is 5.97 Å². The zero-order valence-corrected chi connectivity index (χ0v) is 11.6. The third-order valence-corrected chi connectivity index (χ3v) is 2.91. The molecule has 3 nitrogen and oxygen atoms in total. The number of rotatable bonds is 6. The van der Waals surface area contributed by atoms with Crippen LogP contribution in [0.3, 0.4) is 0 Å². The molecule has 0 aromatic heterocycles. The van der Waals surface area contributed by atoms with Gasteiger partial charge in [0, 0.05) is 12.0 Å². The first-order chi connectivity index (χ1) is 8.54. The summed E-state index contributed by atoms with van der Waals surface area (Å²) < 4.78 is 18.4. The molecule has 0 N–H and O–H groups in total. The summed E-state index contributed by atoms with van der Waals surface area (Å²) in [5, 5.41) is 0. The Bertz CT molecular complexity index is 446. The van der Waals surface area contributed by atoms with Crippen molar-refractivity contribution in [2.24, 2.45) is 0 Å². The number of esters is 1. The Morgan fingerprint density at radius 3 is 2.67 bits per heavy atom. The molecule has 0 fully saturated rings. The molecular formula is C13H14BrFO3. The van der Waals surface area contributed by atoms with E-state index in [0.29, 0.717) is 11.1 Å². The van der Waals surface area contributed by atoms with Crippen molar-refractivity contribution in [3.8, 4) is 0 Å². The smallest absolute Gasteiger partial charge is 0.306 e. The first kappa shape index (κ1) is 14.8. The summed E-state index contributed by atoms with van der Waals surface area (Å²) in [6.45, 7) is 2.25. The van der Waals surface area contributed by atoms with E-state index in [1.165, 1.54) is 12.1 Å². The number of carbonyl (C=O) groups excluding carboxylic acids is 2. The Balaban J connectivity index is 2.50. The predicted octanol–water partition coefficient (Wildman–Crippen LogP) is 3.50. The lowest BCUT2D eigenvalue weighted by Gasteiger charge is -2.03. The quantitative estimate of drug-likeness (QED) is 0.596. The highest BCUT2D eigenvalue weighted by molar-refractivity contribution is 9.10. The SMILES string of the molecule is CCCOC(=O)CCC(=O)c1ccc(Br)c(F)c1. The fraction of sp³-hybridized carbons (Fsp3) is 0.385. The van der Waals surface area contributed by atoms with Crippen LogP contribution >= 0.6 is 15.9 Å². The van der Waals surface area contributed by atoms with Crippen LogP contribution < -0.4 is 0 Å². The van der Waals surface area contributed by atoms with Gasteiger partial charge in [0.15, 0.2) is 5.78 Å². The monoisotopic (exact) mass is 316 g/mol. The van der Waals surface area contributed by atoms with Crippen LogP contribution in [0, 0.1) is 5.82 Å². The Hall–Kier alpha value is -1.23. The zero-order chi connectivity index (χ0) is 13.5. The molecule has 1 rings (SSSR count). The summed E-state index contributed by atoms with van der Waals surface area (Å²) in [4.78, 5) is 22.9. The van der Waals surface area contributed by atoms with E-state index in [0.717, 1.165) is 12.5 Å². The molecule has 0 saturated heterocycles. The molecule has 0 bridgehead atoms. The first-order valence-corrected chi connectivity index (χ1v) is 6.47. The average Bonchev–Trinajstić information content (AvgIpc) is 2.36. The van der Waals surface area contributed by atoms with Crippen LogP contribution in [0.4, 0.5) is 4.39 Å². The zero-order valence-electron chi connectivity index (χ0n) is 10.0. The average molecular weight is 317 g/mol. The maximum atomic E-state index is 13.2. The van der Waals surface area contributed by atoms with Crippen molar-refractivity contribution in [2.45, 2.75) is 26.2 Å². The van der Waals surface area contributed by atoms with Crippen molar-refractivity contribution in [1.82, 2.24) is 0 Å². The Kier molecular flexibility index (Phi) is 5.98. The second-order valence-corrected chi connectivity index (χ2v) is 4.63. The van der Waals surface area contributed by atoms with Gasteiger partial charge in [-0.25, -0.2) is 4.39 Å². The molecule has 0 heterocycles. The van der Waals surface area contributed by atoms with Crippen LogP contribution in [0.15, 0.2) is 22.7 Å². The van der Waals surface area contributed by atoms with Gasteiger partial charge in [-0.2, -0.15) is 0 Å². The maximum absolute atomic E-state index is 13.2.